The monoisotopic (exact) mass is 529 g/mol. The molecule has 3 aromatic rings. The Labute approximate surface area is 226 Å². The summed E-state index contributed by atoms with van der Waals surface area (Å²) < 4.78 is 6.52. The quantitative estimate of drug-likeness (QED) is 0.405. The smallest absolute Gasteiger partial charge is 0.297 e. The highest BCUT2D eigenvalue weighted by atomic mass is 16.5. The van der Waals surface area contributed by atoms with Crippen LogP contribution in [0.25, 0.3) is 5.69 Å². The van der Waals surface area contributed by atoms with Crippen molar-refractivity contribution in [3.05, 3.63) is 100.0 Å². The number of hydrogen-bond donors (Lipinski definition) is 3. The SMILES string of the molecule is COc1cccn(-c2ccc3c(c2)[C@@](O)([C@H](C)/C=C/CC(=O)N2Cc4ccccc4C[C@H]2CO)C(=O)N3)c1=O. The number of benzene rings is 2. The fourth-order valence-corrected chi connectivity index (χ4v) is 5.40. The topological polar surface area (TPSA) is 121 Å². The van der Waals surface area contributed by atoms with Gasteiger partial charge in [0.2, 0.25) is 5.91 Å². The van der Waals surface area contributed by atoms with E-state index in [9.17, 15) is 24.6 Å². The average Bonchev–Trinajstić information content (AvgIpc) is 3.22. The van der Waals surface area contributed by atoms with Crippen LogP contribution in [0, 0.1) is 5.92 Å². The van der Waals surface area contributed by atoms with Crippen LogP contribution < -0.4 is 15.6 Å². The molecule has 3 N–H and O–H groups in total. The first kappa shape index (κ1) is 26.4. The largest absolute Gasteiger partial charge is 0.491 e. The van der Waals surface area contributed by atoms with Crippen molar-refractivity contribution in [2.75, 3.05) is 19.0 Å². The van der Waals surface area contributed by atoms with E-state index in [2.05, 4.69) is 5.32 Å². The number of pyridine rings is 1. The van der Waals surface area contributed by atoms with Gasteiger partial charge in [0.15, 0.2) is 11.4 Å². The maximum Gasteiger partial charge on any atom is 0.297 e. The number of amides is 2. The van der Waals surface area contributed by atoms with Gasteiger partial charge in [-0.2, -0.15) is 0 Å². The number of nitrogens with one attached hydrogen (secondary N) is 1. The Morgan fingerprint density at radius 2 is 1.95 bits per heavy atom. The third kappa shape index (κ3) is 4.64. The Balaban J connectivity index is 1.36. The number of fused-ring (bicyclic) bond motifs is 2. The summed E-state index contributed by atoms with van der Waals surface area (Å²) in [5.41, 5.74) is 1.20. The number of anilines is 1. The molecule has 2 aliphatic heterocycles. The van der Waals surface area contributed by atoms with E-state index in [-0.39, 0.29) is 36.3 Å². The van der Waals surface area contributed by atoms with Gasteiger partial charge >= 0.3 is 0 Å². The summed E-state index contributed by atoms with van der Waals surface area (Å²) in [5.74, 6) is -1.23. The number of aliphatic hydroxyl groups excluding tert-OH is 1. The lowest BCUT2D eigenvalue weighted by atomic mass is 9.82. The number of nitrogens with zero attached hydrogens (tertiary/aromatic N) is 2. The van der Waals surface area contributed by atoms with E-state index in [1.54, 1.807) is 60.5 Å². The maximum absolute atomic E-state index is 13.1. The zero-order valence-electron chi connectivity index (χ0n) is 21.8. The van der Waals surface area contributed by atoms with Crippen molar-refractivity contribution in [2.45, 2.75) is 38.0 Å². The Hall–Kier alpha value is -4.21. The van der Waals surface area contributed by atoms with Crippen LogP contribution >= 0.6 is 0 Å². The number of ether oxygens (including phenoxy) is 1. The molecule has 2 aromatic carbocycles. The average molecular weight is 530 g/mol. The molecule has 2 aliphatic rings. The van der Waals surface area contributed by atoms with Gasteiger partial charge in [0.25, 0.3) is 11.5 Å². The molecule has 39 heavy (non-hydrogen) atoms. The summed E-state index contributed by atoms with van der Waals surface area (Å²) in [6.45, 7) is 2.00. The summed E-state index contributed by atoms with van der Waals surface area (Å²) in [5, 5.41) is 24.2. The minimum Gasteiger partial charge on any atom is -0.491 e. The third-order valence-electron chi connectivity index (χ3n) is 7.68. The second-order valence-electron chi connectivity index (χ2n) is 9.95. The van der Waals surface area contributed by atoms with E-state index in [0.717, 1.165) is 11.1 Å². The van der Waals surface area contributed by atoms with Gasteiger partial charge in [0, 0.05) is 42.0 Å². The number of aromatic nitrogens is 1. The van der Waals surface area contributed by atoms with Crippen molar-refractivity contribution in [3.8, 4) is 11.4 Å². The molecular formula is C30H31N3O6. The van der Waals surface area contributed by atoms with Crippen molar-refractivity contribution in [3.63, 3.8) is 0 Å². The summed E-state index contributed by atoms with van der Waals surface area (Å²) >= 11 is 0. The molecule has 0 bridgehead atoms. The number of rotatable bonds is 7. The molecule has 0 radical (unpaired) electrons. The molecule has 2 amide bonds. The van der Waals surface area contributed by atoms with Gasteiger partial charge < -0.3 is 25.2 Å². The number of carbonyl (C=O) groups excluding carboxylic acids is 2. The second kappa shape index (κ2) is 10.5. The first-order chi connectivity index (χ1) is 18.8. The van der Waals surface area contributed by atoms with E-state index in [4.69, 9.17) is 4.74 Å². The zero-order valence-corrected chi connectivity index (χ0v) is 21.8. The maximum atomic E-state index is 13.1. The highest BCUT2D eigenvalue weighted by molar-refractivity contribution is 6.05. The van der Waals surface area contributed by atoms with Crippen molar-refractivity contribution in [1.29, 1.82) is 0 Å². The van der Waals surface area contributed by atoms with Crippen LogP contribution in [0.1, 0.15) is 30.0 Å². The highest BCUT2D eigenvalue weighted by Crippen LogP contribution is 2.42. The number of carbonyl (C=O) groups is 2. The molecule has 0 fully saturated rings. The fraction of sp³-hybridized carbons (Fsp3) is 0.300. The minimum absolute atomic E-state index is 0.0623. The van der Waals surface area contributed by atoms with E-state index in [1.807, 2.05) is 24.3 Å². The third-order valence-corrected chi connectivity index (χ3v) is 7.68. The van der Waals surface area contributed by atoms with Gasteiger partial charge in [-0.05, 0) is 47.9 Å². The molecule has 5 rings (SSSR count). The Kier molecular flexibility index (Phi) is 7.12. The molecule has 3 atom stereocenters. The summed E-state index contributed by atoms with van der Waals surface area (Å²) in [7, 11) is 1.41. The molecule has 0 unspecified atom stereocenters. The lowest BCUT2D eigenvalue weighted by Crippen LogP contribution is -2.46. The number of methoxy groups -OCH3 is 1. The molecule has 202 valence electrons. The van der Waals surface area contributed by atoms with Crippen LogP contribution in [0.5, 0.6) is 5.75 Å². The Morgan fingerprint density at radius 1 is 1.18 bits per heavy atom. The number of aliphatic hydroxyl groups is 2. The molecule has 0 saturated heterocycles. The van der Waals surface area contributed by atoms with Crippen LogP contribution in [0.15, 0.2) is 77.7 Å². The molecule has 0 spiro atoms. The van der Waals surface area contributed by atoms with E-state index < -0.39 is 17.4 Å². The molecule has 1 aromatic heterocycles. The minimum atomic E-state index is -1.90. The van der Waals surface area contributed by atoms with Crippen LogP contribution in [0.3, 0.4) is 0 Å². The van der Waals surface area contributed by atoms with Crippen molar-refractivity contribution in [1.82, 2.24) is 9.47 Å². The lowest BCUT2D eigenvalue weighted by Gasteiger charge is -2.36. The van der Waals surface area contributed by atoms with Gasteiger partial charge in [-0.15, -0.1) is 0 Å². The van der Waals surface area contributed by atoms with Crippen LogP contribution in [-0.2, 0) is 28.2 Å². The van der Waals surface area contributed by atoms with Gasteiger partial charge in [-0.25, -0.2) is 0 Å². The Bertz CT molecular complexity index is 1510. The normalized spacial score (nSPS) is 20.9. The first-order valence-electron chi connectivity index (χ1n) is 12.9. The summed E-state index contributed by atoms with van der Waals surface area (Å²) in [6, 6.07) is 15.8. The first-order valence-corrected chi connectivity index (χ1v) is 12.9. The lowest BCUT2D eigenvalue weighted by molar-refractivity contribution is -0.137. The van der Waals surface area contributed by atoms with Gasteiger partial charge in [0.1, 0.15) is 0 Å². The highest BCUT2D eigenvalue weighted by Gasteiger charge is 2.48. The van der Waals surface area contributed by atoms with Crippen LogP contribution in [0.4, 0.5) is 5.69 Å². The second-order valence-corrected chi connectivity index (χ2v) is 9.95. The van der Waals surface area contributed by atoms with Crippen molar-refractivity contribution >= 4 is 17.5 Å². The molecule has 9 heteroatoms. The van der Waals surface area contributed by atoms with Gasteiger partial charge in [-0.1, -0.05) is 43.3 Å². The predicted molar refractivity (Wildman–Crippen MR) is 146 cm³/mol. The fourth-order valence-electron chi connectivity index (χ4n) is 5.40. The number of hydrogen-bond acceptors (Lipinski definition) is 6. The van der Waals surface area contributed by atoms with Crippen molar-refractivity contribution < 1.29 is 24.5 Å². The van der Waals surface area contributed by atoms with Crippen LogP contribution in [0.2, 0.25) is 0 Å². The Morgan fingerprint density at radius 3 is 2.69 bits per heavy atom. The van der Waals surface area contributed by atoms with Crippen molar-refractivity contribution in [2.24, 2.45) is 5.92 Å². The molecule has 9 nitrogen and oxygen atoms in total. The van der Waals surface area contributed by atoms with E-state index >= 15 is 0 Å². The molecular weight excluding hydrogens is 498 g/mol. The predicted octanol–water partition coefficient (Wildman–Crippen LogP) is 2.51. The zero-order chi connectivity index (χ0) is 27.7. The van der Waals surface area contributed by atoms with Gasteiger partial charge in [-0.3, -0.25) is 19.0 Å². The van der Waals surface area contributed by atoms with Gasteiger partial charge in [0.05, 0.1) is 19.8 Å². The summed E-state index contributed by atoms with van der Waals surface area (Å²) in [4.78, 5) is 40.5. The molecule has 3 heterocycles. The van der Waals surface area contributed by atoms with E-state index in [1.165, 1.54) is 11.7 Å². The van der Waals surface area contributed by atoms with E-state index in [0.29, 0.717) is 29.9 Å². The molecule has 0 saturated carbocycles. The molecule has 0 aliphatic carbocycles. The standard InChI is InChI=1S/C30H31N3O6/c1-19(7-5-11-27(35)33-17-21-9-4-3-8-20(21)15-23(33)18-34)30(38)24-16-22(12-13-25(24)31-29(30)37)32-14-6-10-26(39-2)28(32)36/h3-10,12-14,16,19,23,34,38H,11,15,17-18H2,1-2H3,(H,31,37)/b7-5+/t19-,23+,30+/m1/s1. The van der Waals surface area contributed by atoms with Crippen LogP contribution in [-0.4, -0.2) is 51.3 Å². The summed E-state index contributed by atoms with van der Waals surface area (Å²) in [6.07, 6.45) is 5.55.